The summed E-state index contributed by atoms with van der Waals surface area (Å²) in [6, 6.07) is 6.88. The zero-order chi connectivity index (χ0) is 15.4. The Morgan fingerprint density at radius 1 is 1.50 bits per heavy atom. The number of amides is 1. The minimum atomic E-state index is -0.296. The lowest BCUT2D eigenvalue weighted by Gasteiger charge is -2.05. The lowest BCUT2D eigenvalue weighted by atomic mass is 10.2. The first-order chi connectivity index (χ1) is 10.7. The Balaban J connectivity index is 1.51. The summed E-state index contributed by atoms with van der Waals surface area (Å²) in [5.41, 5.74) is 0. The van der Waals surface area contributed by atoms with Gasteiger partial charge in [-0.1, -0.05) is 29.0 Å². The highest BCUT2D eigenvalue weighted by Gasteiger charge is 2.22. The molecule has 22 heavy (non-hydrogen) atoms. The lowest BCUT2D eigenvalue weighted by Crippen LogP contribution is -2.20. The third-order valence-corrected chi connectivity index (χ3v) is 4.22. The first-order valence-electron chi connectivity index (χ1n) is 6.84. The van der Waals surface area contributed by atoms with Crippen molar-refractivity contribution in [1.29, 1.82) is 0 Å². The van der Waals surface area contributed by atoms with Gasteiger partial charge in [-0.05, 0) is 31.0 Å². The van der Waals surface area contributed by atoms with Crippen LogP contribution in [0.5, 0.6) is 5.75 Å². The van der Waals surface area contributed by atoms with E-state index in [1.165, 1.54) is 11.3 Å². The highest BCUT2D eigenvalue weighted by molar-refractivity contribution is 7.15. The molecule has 0 unspecified atom stereocenters. The van der Waals surface area contributed by atoms with E-state index in [1.807, 2.05) is 0 Å². The molecule has 0 bridgehead atoms. The first-order valence-corrected chi connectivity index (χ1v) is 8.03. The Hall–Kier alpha value is -1.70. The van der Waals surface area contributed by atoms with Crippen molar-refractivity contribution in [3.63, 3.8) is 0 Å². The number of hydrogen-bond acceptors (Lipinski definition) is 6. The maximum Gasteiger partial charge on any atom is 0.264 e. The molecule has 1 aromatic carbocycles. The topological polar surface area (TPSA) is 73.3 Å². The normalized spacial score (nSPS) is 17.4. The molecule has 1 aliphatic rings. The summed E-state index contributed by atoms with van der Waals surface area (Å²) in [6.07, 6.45) is 1.98. The van der Waals surface area contributed by atoms with Gasteiger partial charge < -0.3 is 9.47 Å². The standard InChI is InChI=1S/C14H14ClN3O3S/c15-9-3-1-4-10(7-9)21-8-12(19)16-14-18-17-13(22-14)11-5-2-6-20-11/h1,3-4,7,11H,2,5-6,8H2,(H,16,18,19)/t11-/m1/s1. The number of nitrogens with one attached hydrogen (secondary N) is 1. The van der Waals surface area contributed by atoms with Gasteiger partial charge in [0.15, 0.2) is 6.61 Å². The maximum atomic E-state index is 11.8. The van der Waals surface area contributed by atoms with Gasteiger partial charge in [0.1, 0.15) is 16.9 Å². The fraction of sp³-hybridized carbons (Fsp3) is 0.357. The predicted molar refractivity (Wildman–Crippen MR) is 83.4 cm³/mol. The second-order valence-corrected chi connectivity index (χ2v) is 6.19. The molecule has 1 fully saturated rings. The van der Waals surface area contributed by atoms with Crippen LogP contribution in [0.1, 0.15) is 24.0 Å². The van der Waals surface area contributed by atoms with Crippen LogP contribution in [0.4, 0.5) is 5.13 Å². The highest BCUT2D eigenvalue weighted by atomic mass is 35.5. The summed E-state index contributed by atoms with van der Waals surface area (Å²) in [5.74, 6) is 0.245. The van der Waals surface area contributed by atoms with Gasteiger partial charge in [0, 0.05) is 11.6 Å². The van der Waals surface area contributed by atoms with E-state index >= 15 is 0 Å². The number of aromatic nitrogens is 2. The maximum absolute atomic E-state index is 11.8. The number of nitrogens with zero attached hydrogens (tertiary/aromatic N) is 2. The van der Waals surface area contributed by atoms with E-state index in [-0.39, 0.29) is 18.6 Å². The van der Waals surface area contributed by atoms with Crippen LogP contribution < -0.4 is 10.1 Å². The average molecular weight is 340 g/mol. The molecular formula is C14H14ClN3O3S. The zero-order valence-corrected chi connectivity index (χ0v) is 13.2. The fourth-order valence-electron chi connectivity index (χ4n) is 2.05. The zero-order valence-electron chi connectivity index (χ0n) is 11.6. The molecule has 1 saturated heterocycles. The van der Waals surface area contributed by atoms with Gasteiger partial charge in [0.05, 0.1) is 0 Å². The second-order valence-electron chi connectivity index (χ2n) is 4.74. The third-order valence-electron chi connectivity index (χ3n) is 3.06. The molecule has 0 aliphatic carbocycles. The minimum absolute atomic E-state index is 0.00543. The summed E-state index contributed by atoms with van der Waals surface area (Å²) in [4.78, 5) is 11.8. The van der Waals surface area contributed by atoms with Gasteiger partial charge in [-0.15, -0.1) is 10.2 Å². The molecule has 2 aromatic rings. The van der Waals surface area contributed by atoms with Crippen LogP contribution >= 0.6 is 22.9 Å². The van der Waals surface area contributed by atoms with E-state index in [1.54, 1.807) is 24.3 Å². The van der Waals surface area contributed by atoms with Crippen molar-refractivity contribution >= 4 is 34.0 Å². The summed E-state index contributed by atoms with van der Waals surface area (Å²) in [6.45, 7) is 0.634. The van der Waals surface area contributed by atoms with Crippen LogP contribution in [0.25, 0.3) is 0 Å². The molecule has 1 aliphatic heterocycles. The SMILES string of the molecule is O=C(COc1cccc(Cl)c1)Nc1nnc([C@H]2CCCO2)s1. The van der Waals surface area contributed by atoms with E-state index in [2.05, 4.69) is 15.5 Å². The number of halogens is 1. The van der Waals surface area contributed by atoms with Gasteiger partial charge in [0.25, 0.3) is 5.91 Å². The Labute approximate surface area is 136 Å². The van der Waals surface area contributed by atoms with Crippen molar-refractivity contribution < 1.29 is 14.3 Å². The van der Waals surface area contributed by atoms with E-state index in [9.17, 15) is 4.79 Å². The summed E-state index contributed by atoms with van der Waals surface area (Å²) < 4.78 is 10.9. The van der Waals surface area contributed by atoms with Crippen molar-refractivity contribution in [3.8, 4) is 5.75 Å². The van der Waals surface area contributed by atoms with Gasteiger partial charge in [-0.3, -0.25) is 10.1 Å². The quantitative estimate of drug-likeness (QED) is 0.906. The summed E-state index contributed by atoms with van der Waals surface area (Å²) >= 11 is 7.17. The molecule has 116 valence electrons. The fourth-order valence-corrected chi connectivity index (χ4v) is 3.07. The van der Waals surface area contributed by atoms with Gasteiger partial charge in [-0.2, -0.15) is 0 Å². The molecule has 3 rings (SSSR count). The van der Waals surface area contributed by atoms with E-state index < -0.39 is 0 Å². The Kier molecular flexibility index (Phi) is 4.87. The molecule has 1 atom stereocenters. The number of carbonyl (C=O) groups excluding carboxylic acids is 1. The molecular weight excluding hydrogens is 326 g/mol. The summed E-state index contributed by atoms with van der Waals surface area (Å²) in [5, 5.41) is 12.5. The van der Waals surface area contributed by atoms with Crippen molar-refractivity contribution in [2.75, 3.05) is 18.5 Å². The third kappa shape index (κ3) is 3.94. The van der Waals surface area contributed by atoms with E-state index in [0.717, 1.165) is 24.5 Å². The molecule has 1 N–H and O–H groups in total. The number of anilines is 1. The molecule has 1 amide bonds. The highest BCUT2D eigenvalue weighted by Crippen LogP contribution is 2.31. The first kappa shape index (κ1) is 15.2. The van der Waals surface area contributed by atoms with Crippen LogP contribution in [-0.4, -0.2) is 29.3 Å². The molecule has 0 radical (unpaired) electrons. The molecule has 0 saturated carbocycles. The van der Waals surface area contributed by atoms with Crippen molar-refractivity contribution in [2.24, 2.45) is 0 Å². The van der Waals surface area contributed by atoms with Crippen LogP contribution in [0.3, 0.4) is 0 Å². The van der Waals surface area contributed by atoms with E-state index in [4.69, 9.17) is 21.1 Å². The van der Waals surface area contributed by atoms with Gasteiger partial charge >= 0.3 is 0 Å². The lowest BCUT2D eigenvalue weighted by molar-refractivity contribution is -0.118. The molecule has 8 heteroatoms. The van der Waals surface area contributed by atoms with Crippen LogP contribution in [0.2, 0.25) is 5.02 Å². The van der Waals surface area contributed by atoms with Crippen LogP contribution in [0.15, 0.2) is 24.3 Å². The van der Waals surface area contributed by atoms with Crippen molar-refractivity contribution in [3.05, 3.63) is 34.3 Å². The largest absolute Gasteiger partial charge is 0.484 e. The monoisotopic (exact) mass is 339 g/mol. The Morgan fingerprint density at radius 2 is 2.41 bits per heavy atom. The second kappa shape index (κ2) is 7.04. The number of ether oxygens (including phenoxy) is 2. The predicted octanol–water partition coefficient (Wildman–Crippen LogP) is 3.06. The number of hydrogen-bond donors (Lipinski definition) is 1. The number of rotatable bonds is 5. The molecule has 0 spiro atoms. The molecule has 2 heterocycles. The van der Waals surface area contributed by atoms with Crippen molar-refractivity contribution in [2.45, 2.75) is 18.9 Å². The van der Waals surface area contributed by atoms with E-state index in [0.29, 0.717) is 15.9 Å². The smallest absolute Gasteiger partial charge is 0.264 e. The van der Waals surface area contributed by atoms with Gasteiger partial charge in [0.2, 0.25) is 5.13 Å². The Bertz CT molecular complexity index is 658. The Morgan fingerprint density at radius 3 is 3.18 bits per heavy atom. The molecule has 6 nitrogen and oxygen atoms in total. The van der Waals surface area contributed by atoms with Crippen LogP contribution in [-0.2, 0) is 9.53 Å². The minimum Gasteiger partial charge on any atom is -0.484 e. The van der Waals surface area contributed by atoms with Crippen LogP contribution in [0, 0.1) is 0 Å². The number of carbonyl (C=O) groups is 1. The van der Waals surface area contributed by atoms with Gasteiger partial charge in [-0.25, -0.2) is 0 Å². The summed E-state index contributed by atoms with van der Waals surface area (Å²) in [7, 11) is 0. The average Bonchev–Trinajstić information content (AvgIpc) is 3.16. The molecule has 1 aromatic heterocycles. The number of benzene rings is 1. The van der Waals surface area contributed by atoms with Crippen molar-refractivity contribution in [1.82, 2.24) is 10.2 Å².